The molecule has 5 rings (SSSR count). The topological polar surface area (TPSA) is 89.5 Å². The number of benzene rings is 2. The molecule has 0 atom stereocenters. The van der Waals surface area contributed by atoms with Crippen LogP contribution in [-0.4, -0.2) is 23.0 Å². The van der Waals surface area contributed by atoms with Gasteiger partial charge in [-0.25, -0.2) is 13.4 Å². The molecule has 0 radical (unpaired) electrons. The maximum absolute atomic E-state index is 12.7. The second-order valence-corrected chi connectivity index (χ2v) is 8.38. The maximum Gasteiger partial charge on any atom is 0.238 e. The van der Waals surface area contributed by atoms with Crippen molar-refractivity contribution in [3.63, 3.8) is 0 Å². The van der Waals surface area contributed by atoms with Crippen LogP contribution in [0.3, 0.4) is 0 Å². The SMILES string of the molecule is O=S(=O)(Cc1noc2ccccc12)Nc1cccc(-c2cn3ccccc3n2)c1. The predicted molar refractivity (Wildman–Crippen MR) is 111 cm³/mol. The predicted octanol–water partition coefficient (Wildman–Crippen LogP) is 4.08. The van der Waals surface area contributed by atoms with Gasteiger partial charge in [-0.05, 0) is 36.4 Å². The smallest absolute Gasteiger partial charge is 0.238 e. The molecule has 3 aromatic heterocycles. The van der Waals surface area contributed by atoms with Gasteiger partial charge in [0.05, 0.1) is 5.69 Å². The fourth-order valence-electron chi connectivity index (χ4n) is 3.25. The van der Waals surface area contributed by atoms with Crippen molar-refractivity contribution in [1.82, 2.24) is 14.5 Å². The second kappa shape index (κ2) is 6.75. The second-order valence-electron chi connectivity index (χ2n) is 6.66. The molecule has 5 aromatic rings. The van der Waals surface area contributed by atoms with E-state index in [-0.39, 0.29) is 5.75 Å². The molecular formula is C21H16N4O3S. The highest BCUT2D eigenvalue weighted by atomic mass is 32.2. The normalized spacial score (nSPS) is 11.9. The number of hydrogen-bond donors (Lipinski definition) is 1. The molecule has 0 amide bonds. The van der Waals surface area contributed by atoms with Crippen LogP contribution in [0.1, 0.15) is 5.69 Å². The van der Waals surface area contributed by atoms with Gasteiger partial charge in [-0.15, -0.1) is 0 Å². The van der Waals surface area contributed by atoms with Gasteiger partial charge in [-0.1, -0.05) is 35.5 Å². The lowest BCUT2D eigenvalue weighted by Crippen LogP contribution is -2.15. The van der Waals surface area contributed by atoms with Gasteiger partial charge in [-0.2, -0.15) is 0 Å². The minimum atomic E-state index is -3.67. The van der Waals surface area contributed by atoms with Crippen molar-refractivity contribution in [2.45, 2.75) is 5.75 Å². The van der Waals surface area contributed by atoms with Gasteiger partial charge in [0.25, 0.3) is 0 Å². The standard InChI is InChI=1S/C21H16N4O3S/c26-29(27,14-19-17-8-1-2-9-20(17)28-23-19)24-16-7-5-6-15(12-16)18-13-25-11-4-3-10-21(25)22-18/h1-13,24H,14H2. The van der Waals surface area contributed by atoms with E-state index in [0.29, 0.717) is 22.4 Å². The largest absolute Gasteiger partial charge is 0.356 e. The number of para-hydroxylation sites is 1. The Bertz CT molecular complexity index is 1400. The van der Waals surface area contributed by atoms with E-state index >= 15 is 0 Å². The van der Waals surface area contributed by atoms with E-state index in [1.165, 1.54) is 0 Å². The number of nitrogens with zero attached hydrogens (tertiary/aromatic N) is 3. The Morgan fingerprint density at radius 2 is 1.86 bits per heavy atom. The zero-order valence-corrected chi connectivity index (χ0v) is 16.0. The molecule has 0 aliphatic rings. The lowest BCUT2D eigenvalue weighted by molar-refractivity contribution is 0.448. The summed E-state index contributed by atoms with van der Waals surface area (Å²) in [6, 6.07) is 20.1. The van der Waals surface area contributed by atoms with Crippen LogP contribution in [0.25, 0.3) is 27.9 Å². The molecule has 144 valence electrons. The van der Waals surface area contributed by atoms with Gasteiger partial charge in [0, 0.05) is 29.0 Å². The van der Waals surface area contributed by atoms with Gasteiger partial charge in [0.15, 0.2) is 5.58 Å². The number of sulfonamides is 1. The molecule has 0 saturated carbocycles. The van der Waals surface area contributed by atoms with Crippen LogP contribution < -0.4 is 4.72 Å². The molecule has 0 fully saturated rings. The van der Waals surface area contributed by atoms with Crippen molar-refractivity contribution in [3.8, 4) is 11.3 Å². The monoisotopic (exact) mass is 404 g/mol. The number of nitrogens with one attached hydrogen (secondary N) is 1. The average molecular weight is 404 g/mol. The molecule has 0 aliphatic carbocycles. The third-order valence-corrected chi connectivity index (χ3v) is 5.77. The fourth-order valence-corrected chi connectivity index (χ4v) is 4.38. The van der Waals surface area contributed by atoms with E-state index in [1.54, 1.807) is 30.3 Å². The van der Waals surface area contributed by atoms with Crippen LogP contribution >= 0.6 is 0 Å². The third kappa shape index (κ3) is 3.45. The van der Waals surface area contributed by atoms with E-state index in [0.717, 1.165) is 16.9 Å². The first kappa shape index (κ1) is 17.4. The van der Waals surface area contributed by atoms with Crippen molar-refractivity contribution < 1.29 is 12.9 Å². The van der Waals surface area contributed by atoms with E-state index < -0.39 is 10.0 Å². The average Bonchev–Trinajstić information content (AvgIpc) is 3.32. The number of hydrogen-bond acceptors (Lipinski definition) is 5. The van der Waals surface area contributed by atoms with Crippen molar-refractivity contribution >= 4 is 32.3 Å². The molecule has 7 nitrogen and oxygen atoms in total. The highest BCUT2D eigenvalue weighted by molar-refractivity contribution is 7.91. The van der Waals surface area contributed by atoms with E-state index in [1.807, 2.05) is 53.2 Å². The number of pyridine rings is 1. The van der Waals surface area contributed by atoms with Crippen LogP contribution in [0.5, 0.6) is 0 Å². The zero-order chi connectivity index (χ0) is 19.8. The van der Waals surface area contributed by atoms with Gasteiger partial charge < -0.3 is 8.92 Å². The van der Waals surface area contributed by atoms with Gasteiger partial charge >= 0.3 is 0 Å². The summed E-state index contributed by atoms with van der Waals surface area (Å²) in [5.41, 5.74) is 3.82. The first-order valence-corrected chi connectivity index (χ1v) is 10.6. The quantitative estimate of drug-likeness (QED) is 0.477. The van der Waals surface area contributed by atoms with Gasteiger partial charge in [-0.3, -0.25) is 4.72 Å². The molecule has 0 spiro atoms. The number of aromatic nitrogens is 3. The third-order valence-electron chi connectivity index (χ3n) is 4.57. The van der Waals surface area contributed by atoms with Crippen LogP contribution in [0.2, 0.25) is 0 Å². The Morgan fingerprint density at radius 3 is 2.76 bits per heavy atom. The number of anilines is 1. The lowest BCUT2D eigenvalue weighted by Gasteiger charge is -2.08. The van der Waals surface area contributed by atoms with Gasteiger partial charge in [0.1, 0.15) is 17.1 Å². The summed E-state index contributed by atoms with van der Waals surface area (Å²) >= 11 is 0. The molecule has 2 aromatic carbocycles. The summed E-state index contributed by atoms with van der Waals surface area (Å²) in [6.45, 7) is 0. The van der Waals surface area contributed by atoms with E-state index in [9.17, 15) is 8.42 Å². The zero-order valence-electron chi connectivity index (χ0n) is 15.2. The lowest BCUT2D eigenvalue weighted by atomic mass is 10.1. The van der Waals surface area contributed by atoms with Crippen LogP contribution in [-0.2, 0) is 15.8 Å². The highest BCUT2D eigenvalue weighted by Crippen LogP contribution is 2.24. The Kier molecular flexibility index (Phi) is 4.06. The molecule has 29 heavy (non-hydrogen) atoms. The molecule has 0 bridgehead atoms. The number of imidazole rings is 1. The van der Waals surface area contributed by atoms with E-state index in [2.05, 4.69) is 14.9 Å². The van der Waals surface area contributed by atoms with Crippen molar-refractivity contribution in [2.75, 3.05) is 4.72 Å². The molecule has 0 unspecified atom stereocenters. The van der Waals surface area contributed by atoms with Crippen molar-refractivity contribution in [2.24, 2.45) is 0 Å². The first-order valence-electron chi connectivity index (χ1n) is 8.95. The fraction of sp³-hybridized carbons (Fsp3) is 0.0476. The molecule has 1 N–H and O–H groups in total. The minimum Gasteiger partial charge on any atom is -0.356 e. The van der Waals surface area contributed by atoms with Crippen LogP contribution in [0.15, 0.2) is 83.6 Å². The summed E-state index contributed by atoms with van der Waals surface area (Å²) < 4.78 is 35.1. The molecular weight excluding hydrogens is 388 g/mol. The van der Waals surface area contributed by atoms with Crippen molar-refractivity contribution in [1.29, 1.82) is 0 Å². The summed E-state index contributed by atoms with van der Waals surface area (Å²) in [6.07, 6.45) is 3.82. The Morgan fingerprint density at radius 1 is 1.00 bits per heavy atom. The summed E-state index contributed by atoms with van der Waals surface area (Å²) in [4.78, 5) is 4.58. The number of fused-ring (bicyclic) bond motifs is 2. The Hall–Kier alpha value is -3.65. The first-order chi connectivity index (χ1) is 14.1. The summed E-state index contributed by atoms with van der Waals surface area (Å²) in [5, 5.41) is 4.60. The molecule has 3 heterocycles. The molecule has 0 aliphatic heterocycles. The summed E-state index contributed by atoms with van der Waals surface area (Å²) in [5.74, 6) is -0.275. The van der Waals surface area contributed by atoms with Gasteiger partial charge in [0.2, 0.25) is 10.0 Å². The number of rotatable bonds is 5. The molecule has 8 heteroatoms. The van der Waals surface area contributed by atoms with Crippen LogP contribution in [0, 0.1) is 0 Å². The maximum atomic E-state index is 12.7. The summed E-state index contributed by atoms with van der Waals surface area (Å²) in [7, 11) is -3.67. The Labute approximate surface area is 166 Å². The molecule has 0 saturated heterocycles. The van der Waals surface area contributed by atoms with Crippen molar-refractivity contribution in [3.05, 3.63) is 84.8 Å². The van der Waals surface area contributed by atoms with Crippen LogP contribution in [0.4, 0.5) is 5.69 Å². The van der Waals surface area contributed by atoms with E-state index in [4.69, 9.17) is 4.52 Å². The Balaban J connectivity index is 1.42. The highest BCUT2D eigenvalue weighted by Gasteiger charge is 2.18. The minimum absolute atomic E-state index is 0.275.